The van der Waals surface area contributed by atoms with E-state index in [-0.39, 0.29) is 16.8 Å². The number of ether oxygens (including phenoxy) is 2. The number of morpholine rings is 1. The molecule has 4 atom stereocenters. The number of carbonyl (C=O) groups is 1. The van der Waals surface area contributed by atoms with Gasteiger partial charge in [-0.15, -0.1) is 0 Å². The lowest BCUT2D eigenvalue weighted by atomic mass is 9.46. The number of nitrogens with zero attached hydrogens (tertiary/aromatic N) is 1. The average molecular weight is 430 g/mol. The first-order valence-corrected chi connectivity index (χ1v) is 12.0. The quantitative estimate of drug-likeness (QED) is 0.471. The van der Waals surface area contributed by atoms with Gasteiger partial charge in [-0.05, 0) is 74.3 Å². The van der Waals surface area contributed by atoms with Crippen molar-refractivity contribution in [2.24, 2.45) is 22.7 Å². The van der Waals surface area contributed by atoms with Gasteiger partial charge in [0.2, 0.25) is 0 Å². The van der Waals surface area contributed by atoms with Crippen LogP contribution in [0, 0.1) is 22.7 Å². The van der Waals surface area contributed by atoms with Crippen molar-refractivity contribution in [2.45, 2.75) is 65.3 Å². The van der Waals surface area contributed by atoms with Crippen LogP contribution in [0.25, 0.3) is 0 Å². The Morgan fingerprint density at radius 3 is 2.81 bits per heavy atom. The maximum absolute atomic E-state index is 12.8. The maximum Gasteiger partial charge on any atom is 0.311 e. The molecule has 5 nitrogen and oxygen atoms in total. The molecule has 1 aromatic heterocycles. The molecule has 2 heterocycles. The lowest BCUT2D eigenvalue weighted by Crippen LogP contribution is -2.53. The van der Waals surface area contributed by atoms with E-state index >= 15 is 0 Å². The zero-order valence-corrected chi connectivity index (χ0v) is 19.6. The summed E-state index contributed by atoms with van der Waals surface area (Å²) < 4.78 is 16.6. The maximum atomic E-state index is 12.8. The highest BCUT2D eigenvalue weighted by Crippen LogP contribution is 2.62. The van der Waals surface area contributed by atoms with E-state index in [2.05, 4.69) is 31.4 Å². The molecule has 1 saturated heterocycles. The number of allylic oxidation sites excluding steroid dienone is 1. The van der Waals surface area contributed by atoms with Crippen molar-refractivity contribution in [2.75, 3.05) is 33.4 Å². The Balaban J connectivity index is 1.49. The Labute approximate surface area is 187 Å². The van der Waals surface area contributed by atoms with E-state index in [9.17, 15) is 4.79 Å². The number of esters is 1. The minimum absolute atomic E-state index is 0.0303. The molecule has 0 spiro atoms. The van der Waals surface area contributed by atoms with E-state index in [1.807, 2.05) is 6.26 Å². The van der Waals surface area contributed by atoms with Crippen LogP contribution in [0.15, 0.2) is 28.9 Å². The highest BCUT2D eigenvalue weighted by atomic mass is 16.5. The number of carbonyl (C=O) groups excluding carboxylic acids is 1. The van der Waals surface area contributed by atoms with Gasteiger partial charge >= 0.3 is 5.97 Å². The average Bonchev–Trinajstić information content (AvgIpc) is 3.20. The molecule has 31 heavy (non-hydrogen) atoms. The number of rotatable bonds is 6. The zero-order valence-electron chi connectivity index (χ0n) is 19.6. The monoisotopic (exact) mass is 429 g/mol. The van der Waals surface area contributed by atoms with E-state index in [4.69, 9.17) is 13.9 Å². The molecule has 3 aliphatic rings. The number of fused-ring (bicyclic) bond motifs is 1. The molecule has 5 heteroatoms. The smallest absolute Gasteiger partial charge is 0.311 e. The van der Waals surface area contributed by atoms with E-state index < -0.39 is 0 Å². The summed E-state index contributed by atoms with van der Waals surface area (Å²) >= 11 is 0. The van der Waals surface area contributed by atoms with Crippen molar-refractivity contribution in [3.05, 3.63) is 35.8 Å². The molecular weight excluding hydrogens is 390 g/mol. The zero-order chi connectivity index (χ0) is 22.1. The van der Waals surface area contributed by atoms with Crippen molar-refractivity contribution in [3.8, 4) is 0 Å². The van der Waals surface area contributed by atoms with E-state index in [1.165, 1.54) is 24.7 Å². The Kier molecular flexibility index (Phi) is 6.64. The molecule has 0 bridgehead atoms. The molecule has 4 rings (SSSR count). The number of methoxy groups -OCH3 is 1. The van der Waals surface area contributed by atoms with Gasteiger partial charge in [-0.3, -0.25) is 9.69 Å². The topological polar surface area (TPSA) is 51.9 Å². The van der Waals surface area contributed by atoms with Gasteiger partial charge in [0.1, 0.15) is 5.76 Å². The Hall–Kier alpha value is -1.59. The second-order valence-corrected chi connectivity index (χ2v) is 10.4. The first-order valence-electron chi connectivity index (χ1n) is 12.0. The summed E-state index contributed by atoms with van der Waals surface area (Å²) in [6, 6.07) is 2.14. The number of furan rings is 1. The molecule has 1 aliphatic heterocycles. The Bertz CT molecular complexity index is 795. The molecule has 3 fully saturated rings. The lowest BCUT2D eigenvalue weighted by molar-refractivity contribution is -0.168. The standard InChI is InChI=1S/C26H39NO4/c1-19-6-9-23-25(2,11-5-12-26(23,3)24(28)29-4)21(19)8-7-20-10-15-31-22(20)18-27-13-16-30-17-14-27/h10,15,21,23H,1,5-9,11-14,16-18H2,2-4H3/t21-,23-,25+,26+/m0/s1. The third-order valence-corrected chi connectivity index (χ3v) is 8.68. The second kappa shape index (κ2) is 9.11. The minimum atomic E-state index is -0.377. The van der Waals surface area contributed by atoms with Gasteiger partial charge in [0.15, 0.2) is 0 Å². The molecule has 0 aromatic carbocycles. The summed E-state index contributed by atoms with van der Waals surface area (Å²) in [4.78, 5) is 15.2. The van der Waals surface area contributed by atoms with Crippen molar-refractivity contribution in [1.29, 1.82) is 0 Å². The fourth-order valence-electron chi connectivity index (χ4n) is 6.95. The fraction of sp³-hybridized carbons (Fsp3) is 0.731. The predicted octanol–water partition coefficient (Wildman–Crippen LogP) is 5.00. The SMILES string of the molecule is C=C1CC[C@H]2[C@](C)(CCC[C@@]2(C)C(=O)OC)[C@H]1CCc1ccoc1CN1CCOCC1. The summed E-state index contributed by atoms with van der Waals surface area (Å²) in [5.41, 5.74) is 2.41. The first-order chi connectivity index (χ1) is 14.9. The van der Waals surface area contributed by atoms with Crippen LogP contribution in [-0.4, -0.2) is 44.3 Å². The van der Waals surface area contributed by atoms with Crippen LogP contribution >= 0.6 is 0 Å². The van der Waals surface area contributed by atoms with Gasteiger partial charge in [0.25, 0.3) is 0 Å². The number of aryl methyl sites for hydroxylation is 1. The second-order valence-electron chi connectivity index (χ2n) is 10.4. The Morgan fingerprint density at radius 1 is 1.29 bits per heavy atom. The molecule has 0 amide bonds. The van der Waals surface area contributed by atoms with Crippen molar-refractivity contribution < 1.29 is 18.7 Å². The van der Waals surface area contributed by atoms with Gasteiger partial charge in [-0.2, -0.15) is 0 Å². The largest absolute Gasteiger partial charge is 0.469 e. The molecule has 2 aliphatic carbocycles. The molecule has 2 saturated carbocycles. The van der Waals surface area contributed by atoms with Crippen LogP contribution in [0.1, 0.15) is 63.7 Å². The van der Waals surface area contributed by atoms with Crippen molar-refractivity contribution in [1.82, 2.24) is 4.90 Å². The highest BCUT2D eigenvalue weighted by Gasteiger charge is 2.57. The minimum Gasteiger partial charge on any atom is -0.469 e. The van der Waals surface area contributed by atoms with Crippen LogP contribution in [0.5, 0.6) is 0 Å². The van der Waals surface area contributed by atoms with Crippen LogP contribution in [0.2, 0.25) is 0 Å². The molecule has 0 N–H and O–H groups in total. The van der Waals surface area contributed by atoms with E-state index in [1.54, 1.807) is 0 Å². The molecular formula is C26H39NO4. The normalized spacial score (nSPS) is 34.4. The third kappa shape index (κ3) is 4.23. The van der Waals surface area contributed by atoms with Crippen molar-refractivity contribution >= 4 is 5.97 Å². The number of hydrogen-bond donors (Lipinski definition) is 0. The molecule has 1 aromatic rings. The van der Waals surface area contributed by atoms with Gasteiger partial charge in [0, 0.05) is 13.1 Å². The van der Waals surface area contributed by atoms with E-state index in [0.717, 1.165) is 77.1 Å². The first kappa shape index (κ1) is 22.6. The summed E-state index contributed by atoms with van der Waals surface area (Å²) in [6.45, 7) is 13.4. The number of hydrogen-bond acceptors (Lipinski definition) is 5. The van der Waals surface area contributed by atoms with Gasteiger partial charge in [0.05, 0.1) is 38.5 Å². The van der Waals surface area contributed by atoms with Crippen molar-refractivity contribution in [3.63, 3.8) is 0 Å². The molecule has 172 valence electrons. The highest BCUT2D eigenvalue weighted by molar-refractivity contribution is 5.77. The molecule has 0 unspecified atom stereocenters. The van der Waals surface area contributed by atoms with Gasteiger partial charge < -0.3 is 13.9 Å². The van der Waals surface area contributed by atoms with Crippen LogP contribution in [-0.2, 0) is 27.2 Å². The van der Waals surface area contributed by atoms with Gasteiger partial charge in [-0.1, -0.05) is 25.5 Å². The lowest BCUT2D eigenvalue weighted by Gasteiger charge is -2.57. The van der Waals surface area contributed by atoms with Crippen LogP contribution < -0.4 is 0 Å². The van der Waals surface area contributed by atoms with E-state index in [0.29, 0.717) is 11.8 Å². The summed E-state index contributed by atoms with van der Waals surface area (Å²) in [5, 5.41) is 0. The van der Waals surface area contributed by atoms with Crippen LogP contribution in [0.4, 0.5) is 0 Å². The van der Waals surface area contributed by atoms with Gasteiger partial charge in [-0.25, -0.2) is 0 Å². The summed E-state index contributed by atoms with van der Waals surface area (Å²) in [6.07, 6.45) is 9.14. The molecule has 0 radical (unpaired) electrons. The fourth-order valence-corrected chi connectivity index (χ4v) is 6.95. The predicted molar refractivity (Wildman–Crippen MR) is 121 cm³/mol. The summed E-state index contributed by atoms with van der Waals surface area (Å²) in [7, 11) is 1.54. The third-order valence-electron chi connectivity index (χ3n) is 8.68. The Morgan fingerprint density at radius 2 is 2.06 bits per heavy atom. The van der Waals surface area contributed by atoms with Crippen LogP contribution in [0.3, 0.4) is 0 Å². The summed E-state index contributed by atoms with van der Waals surface area (Å²) in [5.74, 6) is 1.85.